The van der Waals surface area contributed by atoms with Crippen LogP contribution < -0.4 is 0 Å². The van der Waals surface area contributed by atoms with Gasteiger partial charge < -0.3 is 9.80 Å². The maximum Gasteiger partial charge on any atom is 0.228 e. The van der Waals surface area contributed by atoms with Crippen molar-refractivity contribution in [2.45, 2.75) is 39.2 Å². The van der Waals surface area contributed by atoms with Crippen LogP contribution in [0.4, 0.5) is 0 Å². The lowest BCUT2D eigenvalue weighted by Gasteiger charge is -2.36. The number of carbonyl (C=O) groups is 2. The van der Waals surface area contributed by atoms with E-state index in [9.17, 15) is 9.59 Å². The molecule has 3 rings (SSSR count). The molecule has 1 aromatic rings. The van der Waals surface area contributed by atoms with Crippen molar-refractivity contribution >= 4 is 11.8 Å². The molecule has 0 N–H and O–H groups in total. The van der Waals surface area contributed by atoms with E-state index in [1.54, 1.807) is 0 Å². The van der Waals surface area contributed by atoms with Gasteiger partial charge in [-0.05, 0) is 32.8 Å². The highest BCUT2D eigenvalue weighted by atomic mass is 16.2. The zero-order chi connectivity index (χ0) is 18.7. The molecule has 0 bridgehead atoms. The first-order valence-corrected chi connectivity index (χ1v) is 9.70. The van der Waals surface area contributed by atoms with E-state index in [2.05, 4.69) is 29.2 Å². The Labute approximate surface area is 156 Å². The molecule has 5 heteroatoms. The van der Waals surface area contributed by atoms with Crippen LogP contribution in [0.5, 0.6) is 0 Å². The van der Waals surface area contributed by atoms with E-state index in [-0.39, 0.29) is 23.3 Å². The first-order chi connectivity index (χ1) is 12.3. The molecule has 26 heavy (non-hydrogen) atoms. The number of rotatable bonds is 4. The zero-order valence-electron chi connectivity index (χ0n) is 16.3. The minimum Gasteiger partial charge on any atom is -0.340 e. The third-order valence-electron chi connectivity index (χ3n) is 5.53. The number of carbonyl (C=O) groups excluding carboxylic acids is 2. The Morgan fingerprint density at radius 2 is 1.73 bits per heavy atom. The highest BCUT2D eigenvalue weighted by molar-refractivity contribution is 5.89. The van der Waals surface area contributed by atoms with Gasteiger partial charge >= 0.3 is 0 Å². The fourth-order valence-corrected chi connectivity index (χ4v) is 3.90. The molecular weight excluding hydrogens is 326 g/mol. The first-order valence-electron chi connectivity index (χ1n) is 9.70. The molecule has 0 spiro atoms. The molecule has 0 aliphatic carbocycles. The number of benzene rings is 1. The van der Waals surface area contributed by atoms with Crippen LogP contribution in [0.2, 0.25) is 0 Å². The number of hydrogen-bond acceptors (Lipinski definition) is 3. The number of amides is 2. The van der Waals surface area contributed by atoms with Crippen molar-refractivity contribution in [3.05, 3.63) is 35.9 Å². The van der Waals surface area contributed by atoms with Gasteiger partial charge in [0, 0.05) is 51.2 Å². The average molecular weight is 357 g/mol. The largest absolute Gasteiger partial charge is 0.340 e. The zero-order valence-corrected chi connectivity index (χ0v) is 16.3. The summed E-state index contributed by atoms with van der Waals surface area (Å²) >= 11 is 0. The summed E-state index contributed by atoms with van der Waals surface area (Å²) in [6.07, 6.45) is 1.41. The number of piperazine rings is 1. The second-order valence-corrected chi connectivity index (χ2v) is 8.48. The minimum absolute atomic E-state index is 0.109. The molecule has 2 aliphatic heterocycles. The molecular formula is C21H31N3O2. The van der Waals surface area contributed by atoms with Crippen molar-refractivity contribution in [2.24, 2.45) is 5.92 Å². The van der Waals surface area contributed by atoms with E-state index >= 15 is 0 Å². The standard InChI is InChI=1S/C21H31N3O2/c1-21(2,3)24-16-18(15-19(24)25)20(26)23-13-11-22(12-14-23)10-9-17-7-5-4-6-8-17/h4-8,18H,9-16H2,1-3H3. The number of likely N-dealkylation sites (tertiary alicyclic amines) is 1. The topological polar surface area (TPSA) is 43.9 Å². The van der Waals surface area contributed by atoms with E-state index in [4.69, 9.17) is 0 Å². The van der Waals surface area contributed by atoms with Gasteiger partial charge in [-0.2, -0.15) is 0 Å². The molecule has 2 fully saturated rings. The predicted octanol–water partition coefficient (Wildman–Crippen LogP) is 2.02. The van der Waals surface area contributed by atoms with Crippen molar-refractivity contribution in [1.82, 2.24) is 14.7 Å². The fourth-order valence-electron chi connectivity index (χ4n) is 3.90. The summed E-state index contributed by atoms with van der Waals surface area (Å²) < 4.78 is 0. The molecule has 1 aromatic carbocycles. The molecule has 0 saturated carbocycles. The van der Waals surface area contributed by atoms with E-state index in [0.29, 0.717) is 13.0 Å². The molecule has 5 nitrogen and oxygen atoms in total. The van der Waals surface area contributed by atoms with Gasteiger partial charge in [0.2, 0.25) is 11.8 Å². The molecule has 0 aromatic heterocycles. The van der Waals surface area contributed by atoms with Crippen molar-refractivity contribution in [3.8, 4) is 0 Å². The summed E-state index contributed by atoms with van der Waals surface area (Å²) in [5.41, 5.74) is 1.15. The maximum atomic E-state index is 12.8. The molecule has 0 radical (unpaired) electrons. The van der Waals surface area contributed by atoms with Gasteiger partial charge in [0.15, 0.2) is 0 Å². The molecule has 2 amide bonds. The second kappa shape index (κ2) is 7.78. The Hall–Kier alpha value is -1.88. The van der Waals surface area contributed by atoms with Gasteiger partial charge in [-0.1, -0.05) is 30.3 Å². The van der Waals surface area contributed by atoms with Crippen LogP contribution in [0, 0.1) is 5.92 Å². The molecule has 2 heterocycles. The monoisotopic (exact) mass is 357 g/mol. The molecule has 2 aliphatic rings. The number of hydrogen-bond donors (Lipinski definition) is 0. The van der Waals surface area contributed by atoms with E-state index in [1.807, 2.05) is 36.6 Å². The fraction of sp³-hybridized carbons (Fsp3) is 0.619. The van der Waals surface area contributed by atoms with Crippen molar-refractivity contribution in [1.29, 1.82) is 0 Å². The van der Waals surface area contributed by atoms with Crippen LogP contribution in [0.3, 0.4) is 0 Å². The van der Waals surface area contributed by atoms with E-state index in [1.165, 1.54) is 5.56 Å². The predicted molar refractivity (Wildman–Crippen MR) is 103 cm³/mol. The third kappa shape index (κ3) is 4.44. The summed E-state index contributed by atoms with van der Waals surface area (Å²) in [5, 5.41) is 0. The van der Waals surface area contributed by atoms with Gasteiger partial charge in [-0.15, -0.1) is 0 Å². The molecule has 2 saturated heterocycles. The van der Waals surface area contributed by atoms with Gasteiger partial charge in [-0.3, -0.25) is 14.5 Å². The SMILES string of the molecule is CC(C)(C)N1CC(C(=O)N2CCN(CCc3ccccc3)CC2)CC1=O. The minimum atomic E-state index is -0.206. The lowest BCUT2D eigenvalue weighted by molar-refractivity contribution is -0.137. The van der Waals surface area contributed by atoms with Gasteiger partial charge in [-0.25, -0.2) is 0 Å². The van der Waals surface area contributed by atoms with E-state index in [0.717, 1.165) is 39.1 Å². The summed E-state index contributed by atoms with van der Waals surface area (Å²) in [4.78, 5) is 31.3. The molecule has 142 valence electrons. The first kappa shape index (κ1) is 18.9. The summed E-state index contributed by atoms with van der Waals surface area (Å²) in [6.45, 7) is 11.1. The van der Waals surface area contributed by atoms with Crippen LogP contribution in [0.1, 0.15) is 32.8 Å². The van der Waals surface area contributed by atoms with Gasteiger partial charge in [0.05, 0.1) is 5.92 Å². The van der Waals surface area contributed by atoms with Gasteiger partial charge in [0.25, 0.3) is 0 Å². The Kier molecular flexibility index (Phi) is 5.66. The molecule has 1 atom stereocenters. The summed E-state index contributed by atoms with van der Waals surface area (Å²) in [6, 6.07) is 10.5. The van der Waals surface area contributed by atoms with Gasteiger partial charge in [0.1, 0.15) is 0 Å². The van der Waals surface area contributed by atoms with Crippen LogP contribution in [0.15, 0.2) is 30.3 Å². The quantitative estimate of drug-likeness (QED) is 0.828. The Morgan fingerprint density at radius 1 is 1.08 bits per heavy atom. The van der Waals surface area contributed by atoms with Crippen molar-refractivity contribution in [3.63, 3.8) is 0 Å². The Bertz CT molecular complexity index is 630. The molecule has 1 unspecified atom stereocenters. The maximum absolute atomic E-state index is 12.8. The normalized spacial score (nSPS) is 22.1. The lowest BCUT2D eigenvalue weighted by Crippen LogP contribution is -2.51. The second-order valence-electron chi connectivity index (χ2n) is 8.48. The summed E-state index contributed by atoms with van der Waals surface area (Å²) in [5.74, 6) is 0.0998. The van der Waals surface area contributed by atoms with Crippen LogP contribution in [-0.2, 0) is 16.0 Å². The van der Waals surface area contributed by atoms with Crippen molar-refractivity contribution < 1.29 is 9.59 Å². The van der Waals surface area contributed by atoms with Crippen molar-refractivity contribution in [2.75, 3.05) is 39.3 Å². The highest BCUT2D eigenvalue weighted by Crippen LogP contribution is 2.27. The third-order valence-corrected chi connectivity index (χ3v) is 5.53. The highest BCUT2D eigenvalue weighted by Gasteiger charge is 2.41. The van der Waals surface area contributed by atoms with Crippen LogP contribution >= 0.6 is 0 Å². The summed E-state index contributed by atoms with van der Waals surface area (Å²) in [7, 11) is 0. The average Bonchev–Trinajstić information content (AvgIpc) is 3.03. The van der Waals surface area contributed by atoms with Crippen LogP contribution in [-0.4, -0.2) is 71.3 Å². The smallest absolute Gasteiger partial charge is 0.228 e. The Morgan fingerprint density at radius 3 is 2.31 bits per heavy atom. The Balaban J connectivity index is 1.46. The van der Waals surface area contributed by atoms with E-state index < -0.39 is 0 Å². The lowest BCUT2D eigenvalue weighted by atomic mass is 10.1. The number of nitrogens with zero attached hydrogens (tertiary/aromatic N) is 3. The van der Waals surface area contributed by atoms with Crippen LogP contribution in [0.25, 0.3) is 0 Å².